The fraction of sp³-hybridized carbons (Fsp3) is 0.545. The second-order valence-electron chi connectivity index (χ2n) is 3.77. The highest BCUT2D eigenvalue weighted by atomic mass is 16.2. The summed E-state index contributed by atoms with van der Waals surface area (Å²) in [6.45, 7) is 4.73. The molecule has 0 saturated carbocycles. The van der Waals surface area contributed by atoms with Gasteiger partial charge in [-0.2, -0.15) is 10.4 Å². The molecule has 0 saturated heterocycles. The SMILES string of the molecule is Cc1nn(CC(=O)NCCC#N)c(C)c1CN. The Bertz CT molecular complexity index is 443. The highest BCUT2D eigenvalue weighted by molar-refractivity contribution is 5.75. The van der Waals surface area contributed by atoms with Gasteiger partial charge in [0.25, 0.3) is 0 Å². The maximum Gasteiger partial charge on any atom is 0.241 e. The molecule has 0 atom stereocenters. The lowest BCUT2D eigenvalue weighted by molar-refractivity contribution is -0.121. The van der Waals surface area contributed by atoms with Gasteiger partial charge in [0.05, 0.1) is 18.2 Å². The lowest BCUT2D eigenvalue weighted by atomic mass is 10.2. The smallest absolute Gasteiger partial charge is 0.241 e. The van der Waals surface area contributed by atoms with Gasteiger partial charge in [0.2, 0.25) is 5.91 Å². The van der Waals surface area contributed by atoms with Crippen LogP contribution in [0.5, 0.6) is 0 Å². The van der Waals surface area contributed by atoms with E-state index in [1.54, 1.807) is 4.68 Å². The van der Waals surface area contributed by atoms with Crippen molar-refractivity contribution in [2.24, 2.45) is 5.73 Å². The summed E-state index contributed by atoms with van der Waals surface area (Å²) in [6, 6.07) is 1.97. The summed E-state index contributed by atoms with van der Waals surface area (Å²) in [4.78, 5) is 11.5. The molecule has 0 aliphatic carbocycles. The standard InChI is InChI=1S/C11H17N5O/c1-8-10(6-13)9(2)16(15-8)7-11(17)14-5-3-4-12/h3,5-7,13H2,1-2H3,(H,14,17). The molecule has 1 amide bonds. The molecule has 0 radical (unpaired) electrons. The van der Waals surface area contributed by atoms with E-state index in [2.05, 4.69) is 10.4 Å². The molecule has 0 fully saturated rings. The molecule has 3 N–H and O–H groups in total. The molecule has 1 heterocycles. The molecule has 0 unspecified atom stereocenters. The molecule has 6 heteroatoms. The fourth-order valence-corrected chi connectivity index (χ4v) is 1.63. The number of aromatic nitrogens is 2. The van der Waals surface area contributed by atoms with Crippen LogP contribution in [0.1, 0.15) is 23.4 Å². The third-order valence-corrected chi connectivity index (χ3v) is 2.59. The lowest BCUT2D eigenvalue weighted by Crippen LogP contribution is -2.29. The Morgan fingerprint density at radius 3 is 2.82 bits per heavy atom. The number of nitrogens with one attached hydrogen (secondary N) is 1. The van der Waals surface area contributed by atoms with Crippen molar-refractivity contribution in [2.75, 3.05) is 6.54 Å². The van der Waals surface area contributed by atoms with Crippen molar-refractivity contribution in [1.29, 1.82) is 5.26 Å². The number of hydrogen-bond donors (Lipinski definition) is 2. The summed E-state index contributed by atoms with van der Waals surface area (Å²) in [5.74, 6) is -0.144. The number of nitriles is 1. The quantitative estimate of drug-likeness (QED) is 0.701. The minimum atomic E-state index is -0.144. The second-order valence-corrected chi connectivity index (χ2v) is 3.77. The highest BCUT2D eigenvalue weighted by Gasteiger charge is 2.12. The van der Waals surface area contributed by atoms with Crippen LogP contribution < -0.4 is 11.1 Å². The average Bonchev–Trinajstić information content (AvgIpc) is 2.54. The van der Waals surface area contributed by atoms with Crippen molar-refractivity contribution >= 4 is 5.91 Å². The molecule has 1 aromatic heterocycles. The molecule has 0 aliphatic rings. The van der Waals surface area contributed by atoms with Crippen molar-refractivity contribution < 1.29 is 4.79 Å². The molecular formula is C11H17N5O. The Morgan fingerprint density at radius 2 is 2.29 bits per heavy atom. The first-order chi connectivity index (χ1) is 8.10. The minimum absolute atomic E-state index is 0.144. The van der Waals surface area contributed by atoms with Gasteiger partial charge < -0.3 is 11.1 Å². The first-order valence-corrected chi connectivity index (χ1v) is 5.46. The van der Waals surface area contributed by atoms with E-state index < -0.39 is 0 Å². The summed E-state index contributed by atoms with van der Waals surface area (Å²) in [6.07, 6.45) is 0.316. The highest BCUT2D eigenvalue weighted by Crippen LogP contribution is 2.11. The van der Waals surface area contributed by atoms with Crippen LogP contribution in [-0.2, 0) is 17.9 Å². The number of hydrogen-bond acceptors (Lipinski definition) is 4. The van der Waals surface area contributed by atoms with Gasteiger partial charge in [-0.05, 0) is 13.8 Å². The maximum atomic E-state index is 11.5. The van der Waals surface area contributed by atoms with Crippen molar-refractivity contribution in [2.45, 2.75) is 33.4 Å². The fourth-order valence-electron chi connectivity index (χ4n) is 1.63. The summed E-state index contributed by atoms with van der Waals surface area (Å²) in [5.41, 5.74) is 8.36. The molecule has 6 nitrogen and oxygen atoms in total. The van der Waals surface area contributed by atoms with Gasteiger partial charge in [0.15, 0.2) is 0 Å². The average molecular weight is 235 g/mol. The first-order valence-electron chi connectivity index (χ1n) is 5.46. The van der Waals surface area contributed by atoms with Crippen LogP contribution >= 0.6 is 0 Å². The zero-order valence-electron chi connectivity index (χ0n) is 10.2. The van der Waals surface area contributed by atoms with E-state index >= 15 is 0 Å². The van der Waals surface area contributed by atoms with Gasteiger partial charge in [0.1, 0.15) is 6.54 Å². The number of rotatable bonds is 5. The molecule has 17 heavy (non-hydrogen) atoms. The van der Waals surface area contributed by atoms with Crippen LogP contribution in [-0.4, -0.2) is 22.2 Å². The van der Waals surface area contributed by atoms with Crippen molar-refractivity contribution in [3.63, 3.8) is 0 Å². The van der Waals surface area contributed by atoms with E-state index in [9.17, 15) is 4.79 Å². The van der Waals surface area contributed by atoms with Crippen molar-refractivity contribution in [3.8, 4) is 6.07 Å². The van der Waals surface area contributed by atoms with Crippen LogP contribution in [0.4, 0.5) is 0 Å². The van der Waals surface area contributed by atoms with Gasteiger partial charge >= 0.3 is 0 Å². The predicted molar refractivity (Wildman–Crippen MR) is 62.8 cm³/mol. The van der Waals surface area contributed by atoms with Gasteiger partial charge in [-0.15, -0.1) is 0 Å². The third kappa shape index (κ3) is 3.29. The predicted octanol–water partition coefficient (Wildman–Crippen LogP) is -0.0115. The zero-order valence-corrected chi connectivity index (χ0v) is 10.2. The summed E-state index contributed by atoms with van der Waals surface area (Å²) >= 11 is 0. The first kappa shape index (κ1) is 13.2. The van der Waals surface area contributed by atoms with Crippen LogP contribution in [0.15, 0.2) is 0 Å². The second kappa shape index (κ2) is 6.01. The number of nitrogens with two attached hydrogens (primary N) is 1. The molecule has 92 valence electrons. The number of aryl methyl sites for hydroxylation is 1. The summed E-state index contributed by atoms with van der Waals surface area (Å²) in [5, 5.41) is 15.3. The minimum Gasteiger partial charge on any atom is -0.353 e. The summed E-state index contributed by atoms with van der Waals surface area (Å²) < 4.78 is 1.64. The van der Waals surface area contributed by atoms with Gasteiger partial charge in [-0.3, -0.25) is 9.48 Å². The van der Waals surface area contributed by atoms with E-state index in [0.717, 1.165) is 17.0 Å². The van der Waals surface area contributed by atoms with Gasteiger partial charge in [-0.1, -0.05) is 0 Å². The van der Waals surface area contributed by atoms with E-state index in [1.165, 1.54) is 0 Å². The number of carbonyl (C=O) groups excluding carboxylic acids is 1. The van der Waals surface area contributed by atoms with Gasteiger partial charge in [-0.25, -0.2) is 0 Å². The molecular weight excluding hydrogens is 218 g/mol. The Hall–Kier alpha value is -1.87. The Kier molecular flexibility index (Phi) is 4.67. The van der Waals surface area contributed by atoms with E-state index in [-0.39, 0.29) is 12.5 Å². The summed E-state index contributed by atoms with van der Waals surface area (Å²) in [7, 11) is 0. The number of carbonyl (C=O) groups is 1. The van der Waals surface area contributed by atoms with Gasteiger partial charge in [0, 0.05) is 24.3 Å². The molecule has 0 bridgehead atoms. The Balaban J connectivity index is 2.63. The zero-order chi connectivity index (χ0) is 12.8. The molecule has 0 spiro atoms. The maximum absolute atomic E-state index is 11.5. The van der Waals surface area contributed by atoms with Crippen LogP contribution in [0.2, 0.25) is 0 Å². The monoisotopic (exact) mass is 235 g/mol. The molecule has 0 aromatic carbocycles. The van der Waals surface area contributed by atoms with Crippen LogP contribution in [0.3, 0.4) is 0 Å². The normalized spacial score (nSPS) is 10.0. The van der Waals surface area contributed by atoms with Crippen LogP contribution in [0, 0.1) is 25.2 Å². The topological polar surface area (TPSA) is 96.7 Å². The number of amides is 1. The van der Waals surface area contributed by atoms with Crippen molar-refractivity contribution in [3.05, 3.63) is 17.0 Å². The molecule has 0 aliphatic heterocycles. The molecule has 1 aromatic rings. The third-order valence-electron chi connectivity index (χ3n) is 2.59. The lowest BCUT2D eigenvalue weighted by Gasteiger charge is -2.05. The number of nitrogens with zero attached hydrogens (tertiary/aromatic N) is 3. The Morgan fingerprint density at radius 1 is 1.59 bits per heavy atom. The van der Waals surface area contributed by atoms with Crippen molar-refractivity contribution in [1.82, 2.24) is 15.1 Å². The van der Waals surface area contributed by atoms with Crippen LogP contribution in [0.25, 0.3) is 0 Å². The van der Waals surface area contributed by atoms with E-state index in [4.69, 9.17) is 11.0 Å². The molecule has 1 rings (SSSR count). The van der Waals surface area contributed by atoms with E-state index in [1.807, 2.05) is 19.9 Å². The van der Waals surface area contributed by atoms with E-state index in [0.29, 0.717) is 19.5 Å². The largest absolute Gasteiger partial charge is 0.353 e. The Labute approximate surface area is 100 Å².